The third-order valence-corrected chi connectivity index (χ3v) is 3.31. The molecule has 0 saturated carbocycles. The first kappa shape index (κ1) is 13.6. The van der Waals surface area contributed by atoms with E-state index in [2.05, 4.69) is 5.32 Å². The number of anilines is 1. The molecule has 1 aliphatic rings. The van der Waals surface area contributed by atoms with Gasteiger partial charge in [-0.05, 0) is 18.6 Å². The Balaban J connectivity index is 2.32. The summed E-state index contributed by atoms with van der Waals surface area (Å²) < 4.78 is 5.49. The monoisotopic (exact) mass is 265 g/mol. The van der Waals surface area contributed by atoms with E-state index < -0.39 is 0 Å². The number of nitrogens with one attached hydrogen (secondary N) is 1. The van der Waals surface area contributed by atoms with Crippen LogP contribution < -0.4 is 15.0 Å². The van der Waals surface area contributed by atoms with Crippen LogP contribution in [0.5, 0.6) is 5.75 Å². The van der Waals surface area contributed by atoms with E-state index in [1.807, 2.05) is 18.9 Å². The molecule has 0 atom stereocenters. The first-order chi connectivity index (χ1) is 9.15. The van der Waals surface area contributed by atoms with Crippen molar-refractivity contribution in [3.05, 3.63) is 28.3 Å². The van der Waals surface area contributed by atoms with Gasteiger partial charge in [0.2, 0.25) is 0 Å². The van der Waals surface area contributed by atoms with E-state index in [1.165, 1.54) is 0 Å². The molecule has 1 N–H and O–H groups in total. The highest BCUT2D eigenvalue weighted by Crippen LogP contribution is 2.37. The molecule has 0 spiro atoms. The standard InChI is InChI=1S/C13H19N3O3/c1-3-7-19-12-6-4-5-11(13(12)16(17)18)15(2)10-8-14-9-10/h4-6,10,14H,3,7-9H2,1-2H3. The van der Waals surface area contributed by atoms with Crippen molar-refractivity contribution in [3.63, 3.8) is 0 Å². The lowest BCUT2D eigenvalue weighted by Gasteiger charge is -2.36. The maximum atomic E-state index is 11.3. The van der Waals surface area contributed by atoms with Gasteiger partial charge in [-0.15, -0.1) is 0 Å². The summed E-state index contributed by atoms with van der Waals surface area (Å²) >= 11 is 0. The lowest BCUT2D eigenvalue weighted by Crippen LogP contribution is -2.56. The quantitative estimate of drug-likeness (QED) is 0.627. The Kier molecular flexibility index (Phi) is 4.21. The number of para-hydroxylation sites is 1. The van der Waals surface area contributed by atoms with Gasteiger partial charge in [0.25, 0.3) is 0 Å². The molecule has 1 aromatic rings. The molecule has 104 valence electrons. The van der Waals surface area contributed by atoms with Crippen LogP contribution in [0.3, 0.4) is 0 Å². The minimum absolute atomic E-state index is 0.0605. The normalized spacial score (nSPS) is 14.8. The molecule has 0 aliphatic carbocycles. The van der Waals surface area contributed by atoms with Crippen molar-refractivity contribution in [2.45, 2.75) is 19.4 Å². The second-order valence-corrected chi connectivity index (χ2v) is 4.65. The number of rotatable bonds is 6. The maximum Gasteiger partial charge on any atom is 0.333 e. The van der Waals surface area contributed by atoms with Gasteiger partial charge in [-0.2, -0.15) is 0 Å². The van der Waals surface area contributed by atoms with Crippen LogP contribution in [0.4, 0.5) is 11.4 Å². The van der Waals surface area contributed by atoms with Gasteiger partial charge in [-0.3, -0.25) is 10.1 Å². The third kappa shape index (κ3) is 2.78. The molecule has 2 rings (SSSR count). The van der Waals surface area contributed by atoms with E-state index in [-0.39, 0.29) is 10.6 Å². The molecule has 0 radical (unpaired) electrons. The summed E-state index contributed by atoms with van der Waals surface area (Å²) in [5.74, 6) is 0.350. The summed E-state index contributed by atoms with van der Waals surface area (Å²) in [5.41, 5.74) is 0.676. The van der Waals surface area contributed by atoms with E-state index >= 15 is 0 Å². The Hall–Kier alpha value is -1.82. The van der Waals surface area contributed by atoms with Gasteiger partial charge in [0.1, 0.15) is 5.69 Å². The smallest absolute Gasteiger partial charge is 0.333 e. The van der Waals surface area contributed by atoms with Crippen LogP contribution in [0.15, 0.2) is 18.2 Å². The van der Waals surface area contributed by atoms with Crippen LogP contribution in [0, 0.1) is 10.1 Å². The van der Waals surface area contributed by atoms with E-state index in [1.54, 1.807) is 18.2 Å². The zero-order chi connectivity index (χ0) is 13.8. The van der Waals surface area contributed by atoms with E-state index in [9.17, 15) is 10.1 Å². The molecular formula is C13H19N3O3. The first-order valence-electron chi connectivity index (χ1n) is 6.49. The highest BCUT2D eigenvalue weighted by Gasteiger charge is 2.29. The van der Waals surface area contributed by atoms with Crippen molar-refractivity contribution in [3.8, 4) is 5.75 Å². The number of nitro groups is 1. The number of ether oxygens (including phenoxy) is 1. The number of nitro benzene ring substituents is 1. The van der Waals surface area contributed by atoms with Gasteiger partial charge >= 0.3 is 5.69 Å². The highest BCUT2D eigenvalue weighted by molar-refractivity contribution is 5.70. The summed E-state index contributed by atoms with van der Waals surface area (Å²) in [6.45, 7) is 4.17. The van der Waals surface area contributed by atoms with Crippen LogP contribution in [0.1, 0.15) is 13.3 Å². The van der Waals surface area contributed by atoms with E-state index in [0.29, 0.717) is 24.1 Å². The van der Waals surface area contributed by atoms with Gasteiger partial charge in [0.15, 0.2) is 5.75 Å². The SMILES string of the molecule is CCCOc1cccc(N(C)C2CNC2)c1[N+](=O)[O-]. The number of nitrogens with zero attached hydrogens (tertiary/aromatic N) is 2. The topological polar surface area (TPSA) is 67.6 Å². The molecule has 0 unspecified atom stereocenters. The Morgan fingerprint density at radius 1 is 1.53 bits per heavy atom. The molecule has 1 aromatic carbocycles. The summed E-state index contributed by atoms with van der Waals surface area (Å²) in [4.78, 5) is 12.9. The summed E-state index contributed by atoms with van der Waals surface area (Å²) in [7, 11) is 1.89. The van der Waals surface area contributed by atoms with Crippen molar-refractivity contribution in [1.29, 1.82) is 0 Å². The lowest BCUT2D eigenvalue weighted by molar-refractivity contribution is -0.385. The number of likely N-dealkylation sites (N-methyl/N-ethyl adjacent to an activating group) is 1. The van der Waals surface area contributed by atoms with Crippen LogP contribution in [0.2, 0.25) is 0 Å². The molecule has 1 saturated heterocycles. The molecule has 0 amide bonds. The van der Waals surface area contributed by atoms with Crippen LogP contribution >= 0.6 is 0 Å². The average Bonchev–Trinajstić information content (AvgIpc) is 2.33. The second kappa shape index (κ2) is 5.88. The third-order valence-electron chi connectivity index (χ3n) is 3.31. The Morgan fingerprint density at radius 2 is 2.26 bits per heavy atom. The van der Waals surface area contributed by atoms with Crippen molar-refractivity contribution in [2.24, 2.45) is 0 Å². The predicted molar refractivity (Wildman–Crippen MR) is 73.9 cm³/mol. The van der Waals surface area contributed by atoms with Gasteiger partial charge in [-0.25, -0.2) is 0 Å². The minimum Gasteiger partial charge on any atom is -0.487 e. The van der Waals surface area contributed by atoms with Crippen LogP contribution in [-0.4, -0.2) is 37.7 Å². The van der Waals surface area contributed by atoms with E-state index in [0.717, 1.165) is 19.5 Å². The highest BCUT2D eigenvalue weighted by atomic mass is 16.6. The number of hydrogen-bond acceptors (Lipinski definition) is 5. The molecule has 6 nitrogen and oxygen atoms in total. The van der Waals surface area contributed by atoms with Gasteiger partial charge < -0.3 is 15.0 Å². The Morgan fingerprint density at radius 3 is 2.79 bits per heavy atom. The van der Waals surface area contributed by atoms with Crippen molar-refractivity contribution in [1.82, 2.24) is 5.32 Å². The Labute approximate surface area is 112 Å². The zero-order valence-corrected chi connectivity index (χ0v) is 11.3. The molecule has 0 aromatic heterocycles. The number of benzene rings is 1. The largest absolute Gasteiger partial charge is 0.487 e. The maximum absolute atomic E-state index is 11.3. The average molecular weight is 265 g/mol. The fraction of sp³-hybridized carbons (Fsp3) is 0.538. The summed E-state index contributed by atoms with van der Waals surface area (Å²) in [5, 5.41) is 14.5. The second-order valence-electron chi connectivity index (χ2n) is 4.65. The van der Waals surface area contributed by atoms with Gasteiger partial charge in [-0.1, -0.05) is 13.0 Å². The van der Waals surface area contributed by atoms with Crippen molar-refractivity contribution >= 4 is 11.4 Å². The molecule has 1 heterocycles. The van der Waals surface area contributed by atoms with Gasteiger partial charge in [0.05, 0.1) is 17.6 Å². The Bertz CT molecular complexity index is 460. The predicted octanol–water partition coefficient (Wildman–Crippen LogP) is 1.79. The van der Waals surface area contributed by atoms with Crippen molar-refractivity contribution < 1.29 is 9.66 Å². The van der Waals surface area contributed by atoms with Gasteiger partial charge in [0, 0.05) is 20.1 Å². The first-order valence-corrected chi connectivity index (χ1v) is 6.49. The molecule has 6 heteroatoms. The van der Waals surface area contributed by atoms with Crippen LogP contribution in [0.25, 0.3) is 0 Å². The van der Waals surface area contributed by atoms with Crippen molar-refractivity contribution in [2.75, 3.05) is 31.6 Å². The lowest BCUT2D eigenvalue weighted by atomic mass is 10.1. The van der Waals surface area contributed by atoms with E-state index in [4.69, 9.17) is 4.74 Å². The fourth-order valence-electron chi connectivity index (χ4n) is 2.05. The van der Waals surface area contributed by atoms with Crippen LogP contribution in [-0.2, 0) is 0 Å². The molecular weight excluding hydrogens is 246 g/mol. The summed E-state index contributed by atoms with van der Waals surface area (Å²) in [6.07, 6.45) is 0.823. The molecule has 1 aliphatic heterocycles. The fourth-order valence-corrected chi connectivity index (χ4v) is 2.05. The molecule has 0 bridgehead atoms. The molecule has 19 heavy (non-hydrogen) atoms. The summed E-state index contributed by atoms with van der Waals surface area (Å²) in [6, 6.07) is 5.54. The number of hydrogen-bond donors (Lipinski definition) is 1. The molecule has 1 fully saturated rings. The zero-order valence-electron chi connectivity index (χ0n) is 11.3. The minimum atomic E-state index is -0.358.